The molecule has 2 rings (SSSR count). The van der Waals surface area contributed by atoms with Gasteiger partial charge in [0.25, 0.3) is 0 Å². The molecule has 0 saturated carbocycles. The van der Waals surface area contributed by atoms with E-state index in [-0.39, 0.29) is 5.75 Å². The maximum atomic E-state index is 13.3. The molecule has 102 valence electrons. The second-order valence-electron chi connectivity index (χ2n) is 4.14. The van der Waals surface area contributed by atoms with Crippen molar-refractivity contribution in [2.75, 3.05) is 18.2 Å². The first-order valence-electron chi connectivity index (χ1n) is 6.00. The minimum atomic E-state index is -0.402. The average Bonchev–Trinajstić information content (AvgIpc) is 2.68. The molecule has 0 aliphatic rings. The van der Waals surface area contributed by atoms with Gasteiger partial charge < -0.3 is 15.8 Å². The van der Waals surface area contributed by atoms with Crippen molar-refractivity contribution in [2.45, 2.75) is 20.4 Å². The Bertz CT molecular complexity index is 595. The summed E-state index contributed by atoms with van der Waals surface area (Å²) in [6, 6.07) is 4.55. The minimum absolute atomic E-state index is 0.183. The standard InChI is InChI=1S/C13H17FN4O/c1-4-18-13(12(15)8(2)17-18)16-9-5-6-10(14)11(7-9)19-3/h5-7,16H,4,15H2,1-3H3. The van der Waals surface area contributed by atoms with E-state index in [9.17, 15) is 4.39 Å². The molecular weight excluding hydrogens is 247 g/mol. The Morgan fingerprint density at radius 1 is 1.47 bits per heavy atom. The molecule has 5 nitrogen and oxygen atoms in total. The highest BCUT2D eigenvalue weighted by Gasteiger charge is 2.12. The number of hydrogen-bond donors (Lipinski definition) is 2. The van der Waals surface area contributed by atoms with Gasteiger partial charge in [-0.3, -0.25) is 0 Å². The molecule has 0 radical (unpaired) electrons. The number of rotatable bonds is 4. The van der Waals surface area contributed by atoms with Crippen LogP contribution in [0.1, 0.15) is 12.6 Å². The van der Waals surface area contributed by atoms with E-state index >= 15 is 0 Å². The molecule has 0 aliphatic heterocycles. The van der Waals surface area contributed by atoms with Crippen LogP contribution in [0.25, 0.3) is 0 Å². The number of hydrogen-bond acceptors (Lipinski definition) is 4. The number of nitrogen functional groups attached to an aromatic ring is 1. The van der Waals surface area contributed by atoms with Crippen molar-refractivity contribution in [1.82, 2.24) is 9.78 Å². The average molecular weight is 264 g/mol. The molecule has 0 bridgehead atoms. The monoisotopic (exact) mass is 264 g/mol. The van der Waals surface area contributed by atoms with Crippen LogP contribution in [0.5, 0.6) is 5.75 Å². The van der Waals surface area contributed by atoms with Crippen LogP contribution >= 0.6 is 0 Å². The first-order valence-corrected chi connectivity index (χ1v) is 6.00. The van der Waals surface area contributed by atoms with E-state index in [2.05, 4.69) is 10.4 Å². The highest BCUT2D eigenvalue weighted by Crippen LogP contribution is 2.28. The SMILES string of the molecule is CCn1nc(C)c(N)c1Nc1ccc(F)c(OC)c1. The topological polar surface area (TPSA) is 65.1 Å². The number of methoxy groups -OCH3 is 1. The number of nitrogens with zero attached hydrogens (tertiary/aromatic N) is 2. The maximum Gasteiger partial charge on any atom is 0.165 e. The molecule has 0 spiro atoms. The van der Waals surface area contributed by atoms with Crippen molar-refractivity contribution >= 4 is 17.2 Å². The molecule has 1 heterocycles. The summed E-state index contributed by atoms with van der Waals surface area (Å²) in [6.45, 7) is 4.51. The quantitative estimate of drug-likeness (QED) is 0.891. The lowest BCUT2D eigenvalue weighted by molar-refractivity contribution is 0.387. The van der Waals surface area contributed by atoms with Crippen molar-refractivity contribution in [2.24, 2.45) is 0 Å². The van der Waals surface area contributed by atoms with Gasteiger partial charge in [0, 0.05) is 18.3 Å². The molecule has 0 amide bonds. The molecule has 0 unspecified atom stereocenters. The summed E-state index contributed by atoms with van der Waals surface area (Å²) in [6.07, 6.45) is 0. The first kappa shape index (κ1) is 13.2. The molecule has 6 heteroatoms. The first-order chi connectivity index (χ1) is 9.06. The van der Waals surface area contributed by atoms with Crippen molar-refractivity contribution in [3.05, 3.63) is 29.7 Å². The second-order valence-corrected chi connectivity index (χ2v) is 4.14. The van der Waals surface area contributed by atoms with E-state index in [1.807, 2.05) is 13.8 Å². The molecule has 0 saturated heterocycles. The maximum absolute atomic E-state index is 13.3. The number of anilines is 3. The number of ether oxygens (including phenoxy) is 1. The fraction of sp³-hybridized carbons (Fsp3) is 0.308. The molecule has 3 N–H and O–H groups in total. The summed E-state index contributed by atoms with van der Waals surface area (Å²) in [4.78, 5) is 0. The van der Waals surface area contributed by atoms with Crippen LogP contribution in [-0.2, 0) is 6.54 Å². The predicted octanol–water partition coefficient (Wildman–Crippen LogP) is 2.68. The van der Waals surface area contributed by atoms with E-state index in [4.69, 9.17) is 10.5 Å². The molecule has 2 aromatic rings. The van der Waals surface area contributed by atoms with E-state index in [1.165, 1.54) is 13.2 Å². The van der Waals surface area contributed by atoms with Crippen LogP contribution in [0.2, 0.25) is 0 Å². The fourth-order valence-corrected chi connectivity index (χ4v) is 1.83. The summed E-state index contributed by atoms with van der Waals surface area (Å²) in [5, 5.41) is 7.45. The van der Waals surface area contributed by atoms with E-state index < -0.39 is 5.82 Å². The van der Waals surface area contributed by atoms with Crippen LogP contribution in [-0.4, -0.2) is 16.9 Å². The third-order valence-corrected chi connectivity index (χ3v) is 2.89. The fourth-order valence-electron chi connectivity index (χ4n) is 1.83. The Morgan fingerprint density at radius 2 is 2.21 bits per heavy atom. The second kappa shape index (κ2) is 5.17. The Morgan fingerprint density at radius 3 is 2.84 bits per heavy atom. The Kier molecular flexibility index (Phi) is 3.59. The zero-order valence-electron chi connectivity index (χ0n) is 11.2. The lowest BCUT2D eigenvalue weighted by Gasteiger charge is -2.10. The smallest absolute Gasteiger partial charge is 0.165 e. The van der Waals surface area contributed by atoms with Crippen LogP contribution < -0.4 is 15.8 Å². The lowest BCUT2D eigenvalue weighted by Crippen LogP contribution is -2.04. The number of nitrogens with one attached hydrogen (secondary N) is 1. The molecule has 1 aromatic heterocycles. The highest BCUT2D eigenvalue weighted by molar-refractivity contribution is 5.71. The largest absolute Gasteiger partial charge is 0.494 e. The lowest BCUT2D eigenvalue weighted by atomic mass is 10.2. The Balaban J connectivity index is 2.36. The van der Waals surface area contributed by atoms with Crippen molar-refractivity contribution in [1.29, 1.82) is 0 Å². The number of benzene rings is 1. The van der Waals surface area contributed by atoms with Crippen LogP contribution in [0.4, 0.5) is 21.6 Å². The number of halogens is 1. The van der Waals surface area contributed by atoms with Gasteiger partial charge >= 0.3 is 0 Å². The Labute approximate surface area is 111 Å². The van der Waals surface area contributed by atoms with Gasteiger partial charge in [0.15, 0.2) is 17.4 Å². The Hall–Kier alpha value is -2.24. The number of nitrogens with two attached hydrogens (primary N) is 1. The van der Waals surface area contributed by atoms with Crippen LogP contribution in [0.3, 0.4) is 0 Å². The normalized spacial score (nSPS) is 10.5. The molecule has 0 fully saturated rings. The van der Waals surface area contributed by atoms with Crippen molar-refractivity contribution in [3.8, 4) is 5.75 Å². The van der Waals surface area contributed by atoms with Crippen molar-refractivity contribution in [3.63, 3.8) is 0 Å². The summed E-state index contributed by atoms with van der Waals surface area (Å²) in [7, 11) is 1.43. The number of aryl methyl sites for hydroxylation is 2. The molecule has 19 heavy (non-hydrogen) atoms. The van der Waals surface area contributed by atoms with E-state index in [0.29, 0.717) is 23.7 Å². The molecule has 0 atom stereocenters. The molecule has 1 aromatic carbocycles. The summed E-state index contributed by atoms with van der Waals surface area (Å²) < 4.78 is 20.1. The van der Waals surface area contributed by atoms with Gasteiger partial charge in [-0.25, -0.2) is 9.07 Å². The minimum Gasteiger partial charge on any atom is -0.494 e. The van der Waals surface area contributed by atoms with Gasteiger partial charge in [-0.15, -0.1) is 0 Å². The molecular formula is C13H17FN4O. The molecule has 0 aliphatic carbocycles. The van der Waals surface area contributed by atoms with Gasteiger partial charge in [-0.2, -0.15) is 5.10 Å². The zero-order valence-corrected chi connectivity index (χ0v) is 11.2. The van der Waals surface area contributed by atoms with E-state index in [0.717, 1.165) is 5.69 Å². The van der Waals surface area contributed by atoms with Crippen molar-refractivity contribution < 1.29 is 9.13 Å². The van der Waals surface area contributed by atoms with Crippen LogP contribution in [0.15, 0.2) is 18.2 Å². The predicted molar refractivity (Wildman–Crippen MR) is 73.3 cm³/mol. The third kappa shape index (κ3) is 2.47. The van der Waals surface area contributed by atoms with Gasteiger partial charge in [-0.05, 0) is 26.0 Å². The van der Waals surface area contributed by atoms with Gasteiger partial charge in [0.1, 0.15) is 0 Å². The van der Waals surface area contributed by atoms with Crippen LogP contribution in [0, 0.1) is 12.7 Å². The van der Waals surface area contributed by atoms with Gasteiger partial charge in [0.05, 0.1) is 18.5 Å². The third-order valence-electron chi connectivity index (χ3n) is 2.89. The van der Waals surface area contributed by atoms with Gasteiger partial charge in [0.2, 0.25) is 0 Å². The summed E-state index contributed by atoms with van der Waals surface area (Å²) in [5.41, 5.74) is 8.02. The number of aromatic nitrogens is 2. The highest BCUT2D eigenvalue weighted by atomic mass is 19.1. The zero-order chi connectivity index (χ0) is 14.0. The van der Waals surface area contributed by atoms with E-state index in [1.54, 1.807) is 16.8 Å². The van der Waals surface area contributed by atoms with Gasteiger partial charge in [-0.1, -0.05) is 0 Å². The summed E-state index contributed by atoms with van der Waals surface area (Å²) >= 11 is 0. The summed E-state index contributed by atoms with van der Waals surface area (Å²) in [5.74, 6) is 0.484.